The molecule has 1 heterocycles. The third-order valence-corrected chi connectivity index (χ3v) is 6.40. The van der Waals surface area contributed by atoms with Crippen molar-refractivity contribution in [1.29, 1.82) is 0 Å². The number of hydrogen-bond acceptors (Lipinski definition) is 9. The van der Waals surface area contributed by atoms with Gasteiger partial charge < -0.3 is 24.3 Å². The second-order valence-corrected chi connectivity index (χ2v) is 9.43. The molecule has 2 aromatic carbocycles. The van der Waals surface area contributed by atoms with E-state index >= 15 is 0 Å². The van der Waals surface area contributed by atoms with Gasteiger partial charge in [-0.2, -0.15) is 13.2 Å². The van der Waals surface area contributed by atoms with Gasteiger partial charge in [-0.3, -0.25) is 10.1 Å². The Balaban J connectivity index is 1.96. The minimum Gasteiger partial charge on any atom is -0.493 e. The van der Waals surface area contributed by atoms with Crippen LogP contribution in [0.15, 0.2) is 65.0 Å². The fourth-order valence-corrected chi connectivity index (χ4v) is 4.44. The maximum atomic E-state index is 14.0. The number of alkyl halides is 4. The minimum atomic E-state index is -5.04. The van der Waals surface area contributed by atoms with Crippen molar-refractivity contribution in [1.82, 2.24) is 5.32 Å². The van der Waals surface area contributed by atoms with E-state index in [1.807, 2.05) is 0 Å². The summed E-state index contributed by atoms with van der Waals surface area (Å²) in [7, 11) is 2.36. The van der Waals surface area contributed by atoms with Crippen LogP contribution in [0.1, 0.15) is 24.0 Å². The van der Waals surface area contributed by atoms with E-state index in [9.17, 15) is 32.9 Å². The average molecular weight is 643 g/mol. The molecule has 3 rings (SSSR count). The summed E-state index contributed by atoms with van der Waals surface area (Å²) in [5, 5.41) is 14.1. The number of nitro groups is 1. The molecule has 1 aliphatic heterocycles. The maximum Gasteiger partial charge on any atom is 0.431 e. The number of allylic oxidation sites excluding steroid dienone is 2. The Morgan fingerprint density at radius 2 is 1.78 bits per heavy atom. The smallest absolute Gasteiger partial charge is 0.431 e. The van der Waals surface area contributed by atoms with Gasteiger partial charge in [-0.1, -0.05) is 34.1 Å². The van der Waals surface area contributed by atoms with Gasteiger partial charge in [0.05, 0.1) is 49.4 Å². The molecule has 1 unspecified atom stereocenters. The Bertz CT molecular complexity index is 1390. The van der Waals surface area contributed by atoms with E-state index < -0.39 is 45.9 Å². The molecule has 0 aliphatic carbocycles. The summed E-state index contributed by atoms with van der Waals surface area (Å²) < 4.78 is 63.1. The monoisotopic (exact) mass is 642 g/mol. The molecule has 0 radical (unpaired) electrons. The van der Waals surface area contributed by atoms with Crippen LogP contribution in [-0.4, -0.2) is 55.8 Å². The quantitative estimate of drug-likeness (QED) is 0.154. The van der Waals surface area contributed by atoms with Gasteiger partial charge in [0.1, 0.15) is 5.70 Å². The van der Waals surface area contributed by atoms with E-state index in [2.05, 4.69) is 26.0 Å². The van der Waals surface area contributed by atoms with Crippen LogP contribution in [0.2, 0.25) is 0 Å². The molecule has 0 fully saturated rings. The topological polar surface area (TPSA) is 126 Å². The van der Waals surface area contributed by atoms with Gasteiger partial charge in [-0.15, -0.1) is 0 Å². The molecule has 10 nitrogen and oxygen atoms in total. The lowest BCUT2D eigenvalue weighted by Gasteiger charge is -2.31. The number of methoxy groups -OCH3 is 2. The molecule has 1 N–H and O–H groups in total. The Morgan fingerprint density at radius 1 is 1.05 bits per heavy atom. The van der Waals surface area contributed by atoms with Crippen LogP contribution in [0, 0.1) is 10.1 Å². The number of hydrogen-bond donors (Lipinski definition) is 1. The number of nitrogens with one attached hydrogen (secondary N) is 1. The lowest BCUT2D eigenvalue weighted by molar-refractivity contribution is -0.384. The SMILES string of the molecule is COC(=O)C1=C(C(F)(F)F)NC(C)=C(C(=O)OCCc2ccc(OCCBr)c(OC)c2)C1c1cccc([N+](=O)[O-])c1. The van der Waals surface area contributed by atoms with Gasteiger partial charge in [0.25, 0.3) is 5.69 Å². The largest absolute Gasteiger partial charge is 0.493 e. The number of nitrogens with zero attached hydrogens (tertiary/aromatic N) is 1. The summed E-state index contributed by atoms with van der Waals surface area (Å²) in [5.74, 6) is -3.07. The van der Waals surface area contributed by atoms with Crippen LogP contribution in [-0.2, 0) is 25.5 Å². The van der Waals surface area contributed by atoms with E-state index in [1.165, 1.54) is 26.2 Å². The number of esters is 2. The molecule has 0 bridgehead atoms. The van der Waals surface area contributed by atoms with Crippen molar-refractivity contribution in [2.24, 2.45) is 0 Å². The van der Waals surface area contributed by atoms with Crippen molar-refractivity contribution in [3.8, 4) is 11.5 Å². The number of benzene rings is 2. The summed E-state index contributed by atoms with van der Waals surface area (Å²) in [4.78, 5) is 36.7. The van der Waals surface area contributed by atoms with Gasteiger partial charge in [-0.05, 0) is 30.2 Å². The van der Waals surface area contributed by atoms with Crippen LogP contribution >= 0.6 is 15.9 Å². The van der Waals surface area contributed by atoms with Crippen LogP contribution in [0.4, 0.5) is 18.9 Å². The standard InChI is InChI=1S/C27H26BrF3N2O8/c1-15-21(26(35)41-11-9-16-7-8-19(40-12-10-28)20(13-16)38-2)22(17-5-4-6-18(14-17)33(36)37)23(25(34)39-3)24(32-15)27(29,30)31/h4-8,13-14,22,32H,9-12H2,1-3H3. The van der Waals surface area contributed by atoms with Gasteiger partial charge >= 0.3 is 18.1 Å². The molecule has 0 saturated heterocycles. The number of dihydropyridines is 1. The fraction of sp³-hybridized carbons (Fsp3) is 0.333. The average Bonchev–Trinajstić information content (AvgIpc) is 2.94. The number of carbonyl (C=O) groups excluding carboxylic acids is 2. The Labute approximate surface area is 241 Å². The van der Waals surface area contributed by atoms with Crippen LogP contribution in [0.25, 0.3) is 0 Å². The maximum absolute atomic E-state index is 14.0. The van der Waals surface area contributed by atoms with Gasteiger partial charge in [0.2, 0.25) is 0 Å². The highest BCUT2D eigenvalue weighted by molar-refractivity contribution is 9.09. The third kappa shape index (κ3) is 7.37. The van der Waals surface area contributed by atoms with Crippen molar-refractivity contribution in [2.75, 3.05) is 32.8 Å². The first-order chi connectivity index (χ1) is 19.4. The normalized spacial score (nSPS) is 15.2. The number of halogens is 4. The number of nitro benzene ring substituents is 1. The zero-order chi connectivity index (χ0) is 30.3. The predicted molar refractivity (Wildman–Crippen MR) is 144 cm³/mol. The van der Waals surface area contributed by atoms with Crippen LogP contribution < -0.4 is 14.8 Å². The highest BCUT2D eigenvalue weighted by Gasteiger charge is 2.47. The summed E-state index contributed by atoms with van der Waals surface area (Å²) in [6.07, 6.45) is -4.82. The summed E-state index contributed by atoms with van der Waals surface area (Å²) in [6.45, 7) is 1.46. The molecule has 1 atom stereocenters. The Morgan fingerprint density at radius 3 is 2.39 bits per heavy atom. The Kier molecular flexibility index (Phi) is 10.4. The first kappa shape index (κ1) is 31.5. The highest BCUT2D eigenvalue weighted by atomic mass is 79.9. The molecule has 1 aliphatic rings. The van der Waals surface area contributed by atoms with Gasteiger partial charge in [-0.25, -0.2) is 9.59 Å². The predicted octanol–water partition coefficient (Wildman–Crippen LogP) is 5.11. The molecule has 0 amide bonds. The van der Waals surface area contributed by atoms with Crippen molar-refractivity contribution >= 4 is 33.6 Å². The Hall–Kier alpha value is -4.07. The highest BCUT2D eigenvalue weighted by Crippen LogP contribution is 2.44. The zero-order valence-corrected chi connectivity index (χ0v) is 23.8. The van der Waals surface area contributed by atoms with Crippen molar-refractivity contribution in [2.45, 2.75) is 25.4 Å². The van der Waals surface area contributed by atoms with E-state index in [1.54, 1.807) is 18.2 Å². The number of rotatable bonds is 11. The molecule has 2 aromatic rings. The number of carbonyl (C=O) groups is 2. The summed E-state index contributed by atoms with van der Waals surface area (Å²) >= 11 is 3.27. The van der Waals surface area contributed by atoms with E-state index in [-0.39, 0.29) is 29.9 Å². The van der Waals surface area contributed by atoms with Crippen molar-refractivity contribution < 1.29 is 46.6 Å². The van der Waals surface area contributed by atoms with Crippen LogP contribution in [0.5, 0.6) is 11.5 Å². The minimum absolute atomic E-state index is 0.0991. The van der Waals surface area contributed by atoms with Crippen molar-refractivity contribution in [3.05, 3.63) is 86.2 Å². The van der Waals surface area contributed by atoms with Crippen molar-refractivity contribution in [3.63, 3.8) is 0 Å². The lowest BCUT2D eigenvalue weighted by atomic mass is 9.80. The van der Waals surface area contributed by atoms with E-state index in [0.29, 0.717) is 23.4 Å². The first-order valence-corrected chi connectivity index (χ1v) is 13.2. The number of ether oxygens (including phenoxy) is 4. The molecular weight excluding hydrogens is 617 g/mol. The van der Waals surface area contributed by atoms with Gasteiger partial charge in [0.15, 0.2) is 11.5 Å². The summed E-state index contributed by atoms with van der Waals surface area (Å²) in [6, 6.07) is 9.80. The zero-order valence-electron chi connectivity index (χ0n) is 22.2. The van der Waals surface area contributed by atoms with Crippen LogP contribution in [0.3, 0.4) is 0 Å². The molecule has 0 spiro atoms. The van der Waals surface area contributed by atoms with Gasteiger partial charge in [0, 0.05) is 29.6 Å². The number of non-ortho nitro benzene ring substituents is 1. The van der Waals surface area contributed by atoms with E-state index in [0.717, 1.165) is 24.8 Å². The fourth-order valence-electron chi connectivity index (χ4n) is 4.28. The molecule has 0 aromatic heterocycles. The molecule has 14 heteroatoms. The molecule has 41 heavy (non-hydrogen) atoms. The van der Waals surface area contributed by atoms with E-state index in [4.69, 9.17) is 14.2 Å². The first-order valence-electron chi connectivity index (χ1n) is 12.1. The second kappa shape index (κ2) is 13.5. The third-order valence-electron chi connectivity index (χ3n) is 6.07. The second-order valence-electron chi connectivity index (χ2n) is 8.64. The molecule has 220 valence electrons. The molecule has 0 saturated carbocycles. The molecular formula is C27H26BrF3N2O8. The lowest BCUT2D eigenvalue weighted by Crippen LogP contribution is -2.38. The summed E-state index contributed by atoms with van der Waals surface area (Å²) in [5.41, 5.74) is -2.75.